The van der Waals surface area contributed by atoms with Crippen LogP contribution < -0.4 is 9.62 Å². The van der Waals surface area contributed by atoms with Crippen LogP contribution in [0, 0.1) is 6.92 Å². The predicted octanol–water partition coefficient (Wildman–Crippen LogP) is 1.47. The minimum absolute atomic E-state index is 0.262. The molecule has 23 heavy (non-hydrogen) atoms. The quantitative estimate of drug-likeness (QED) is 0.868. The standard InChI is InChI=1S/C16H19N3O3S/c1-13-5-7-15(8-6-13)19(23(2,21)22)12-16(20)18-11-14-4-3-9-17-10-14/h3-10H,11-12H2,1-2H3,(H,18,20). The van der Waals surface area contributed by atoms with Crippen molar-refractivity contribution in [2.24, 2.45) is 0 Å². The lowest BCUT2D eigenvalue weighted by Gasteiger charge is -2.22. The molecule has 0 radical (unpaired) electrons. The van der Waals surface area contributed by atoms with E-state index >= 15 is 0 Å². The van der Waals surface area contributed by atoms with Gasteiger partial charge in [0, 0.05) is 18.9 Å². The summed E-state index contributed by atoms with van der Waals surface area (Å²) >= 11 is 0. The van der Waals surface area contributed by atoms with Crippen LogP contribution in [-0.2, 0) is 21.4 Å². The first-order valence-corrected chi connectivity index (χ1v) is 8.91. The zero-order valence-corrected chi connectivity index (χ0v) is 13.9. The summed E-state index contributed by atoms with van der Waals surface area (Å²) in [6.45, 7) is 1.95. The van der Waals surface area contributed by atoms with E-state index in [0.717, 1.165) is 21.7 Å². The van der Waals surface area contributed by atoms with Crippen molar-refractivity contribution in [1.82, 2.24) is 10.3 Å². The summed E-state index contributed by atoms with van der Waals surface area (Å²) in [6.07, 6.45) is 4.38. The molecule has 0 saturated heterocycles. The van der Waals surface area contributed by atoms with Crippen molar-refractivity contribution >= 4 is 21.6 Å². The average molecular weight is 333 g/mol. The van der Waals surface area contributed by atoms with Gasteiger partial charge in [-0.15, -0.1) is 0 Å². The Bertz CT molecular complexity index is 759. The van der Waals surface area contributed by atoms with Gasteiger partial charge in [0.15, 0.2) is 0 Å². The normalized spacial score (nSPS) is 11.0. The maximum atomic E-state index is 12.1. The van der Waals surface area contributed by atoms with Gasteiger partial charge in [-0.1, -0.05) is 23.8 Å². The maximum Gasteiger partial charge on any atom is 0.241 e. The lowest BCUT2D eigenvalue weighted by molar-refractivity contribution is -0.119. The van der Waals surface area contributed by atoms with Crippen LogP contribution in [0.2, 0.25) is 0 Å². The number of aromatic nitrogens is 1. The monoisotopic (exact) mass is 333 g/mol. The molecule has 0 aliphatic rings. The van der Waals surface area contributed by atoms with Crippen molar-refractivity contribution in [2.75, 3.05) is 17.1 Å². The first kappa shape index (κ1) is 17.0. The summed E-state index contributed by atoms with van der Waals surface area (Å²) < 4.78 is 25.0. The van der Waals surface area contributed by atoms with E-state index in [1.807, 2.05) is 13.0 Å². The molecule has 0 saturated carbocycles. The summed E-state index contributed by atoms with van der Waals surface area (Å²) in [7, 11) is -3.55. The van der Waals surface area contributed by atoms with Crippen molar-refractivity contribution in [2.45, 2.75) is 13.5 Å². The molecule has 1 N–H and O–H groups in total. The first-order valence-electron chi connectivity index (χ1n) is 7.06. The molecule has 7 heteroatoms. The van der Waals surface area contributed by atoms with Gasteiger partial charge in [0.25, 0.3) is 0 Å². The van der Waals surface area contributed by atoms with Crippen LogP contribution >= 0.6 is 0 Å². The molecule has 122 valence electrons. The van der Waals surface area contributed by atoms with E-state index in [-0.39, 0.29) is 12.5 Å². The molecule has 0 atom stereocenters. The fraction of sp³-hybridized carbons (Fsp3) is 0.250. The second kappa shape index (κ2) is 7.23. The van der Waals surface area contributed by atoms with Gasteiger partial charge in [-0.05, 0) is 30.7 Å². The van der Waals surface area contributed by atoms with E-state index in [4.69, 9.17) is 0 Å². The summed E-state index contributed by atoms with van der Waals surface area (Å²) in [6, 6.07) is 10.6. The number of sulfonamides is 1. The Hall–Kier alpha value is -2.41. The molecule has 1 amide bonds. The molecule has 1 aromatic carbocycles. The number of aryl methyl sites for hydroxylation is 1. The molecule has 0 aliphatic carbocycles. The van der Waals surface area contributed by atoms with Crippen LogP contribution in [0.4, 0.5) is 5.69 Å². The van der Waals surface area contributed by atoms with Gasteiger partial charge < -0.3 is 5.32 Å². The van der Waals surface area contributed by atoms with Crippen LogP contribution in [0.25, 0.3) is 0 Å². The van der Waals surface area contributed by atoms with Gasteiger partial charge in [0.1, 0.15) is 6.54 Å². The zero-order valence-electron chi connectivity index (χ0n) is 13.1. The first-order chi connectivity index (χ1) is 10.9. The predicted molar refractivity (Wildman–Crippen MR) is 89.5 cm³/mol. The topological polar surface area (TPSA) is 79.4 Å². The van der Waals surface area contributed by atoms with E-state index in [1.54, 1.807) is 42.7 Å². The lowest BCUT2D eigenvalue weighted by atomic mass is 10.2. The van der Waals surface area contributed by atoms with Gasteiger partial charge in [-0.25, -0.2) is 8.42 Å². The molecule has 2 rings (SSSR count). The number of carbonyl (C=O) groups is 1. The number of hydrogen-bond donors (Lipinski definition) is 1. The van der Waals surface area contributed by atoms with Crippen molar-refractivity contribution in [3.63, 3.8) is 0 Å². The number of rotatable bonds is 6. The third-order valence-corrected chi connectivity index (χ3v) is 4.36. The van der Waals surface area contributed by atoms with Gasteiger partial charge in [-0.2, -0.15) is 0 Å². The third kappa shape index (κ3) is 5.07. The largest absolute Gasteiger partial charge is 0.350 e. The summed E-state index contributed by atoms with van der Waals surface area (Å²) in [4.78, 5) is 16.0. The Labute approximate surface area is 136 Å². The van der Waals surface area contributed by atoms with Crippen LogP contribution in [0.3, 0.4) is 0 Å². The Balaban J connectivity index is 2.06. The number of hydrogen-bond acceptors (Lipinski definition) is 4. The minimum Gasteiger partial charge on any atom is -0.350 e. The van der Waals surface area contributed by atoms with E-state index in [1.165, 1.54) is 0 Å². The Kier molecular flexibility index (Phi) is 5.33. The fourth-order valence-corrected chi connectivity index (χ4v) is 2.86. The van der Waals surface area contributed by atoms with Gasteiger partial charge in [0.2, 0.25) is 15.9 Å². The maximum absolute atomic E-state index is 12.1. The average Bonchev–Trinajstić information content (AvgIpc) is 2.52. The van der Waals surface area contributed by atoms with Gasteiger partial charge >= 0.3 is 0 Å². The van der Waals surface area contributed by atoms with Crippen LogP contribution in [0.5, 0.6) is 0 Å². The molecule has 0 unspecified atom stereocenters. The smallest absolute Gasteiger partial charge is 0.241 e. The van der Waals surface area contributed by atoms with Gasteiger partial charge in [0.05, 0.1) is 11.9 Å². The minimum atomic E-state index is -3.55. The third-order valence-electron chi connectivity index (χ3n) is 3.22. The van der Waals surface area contributed by atoms with Gasteiger partial charge in [-0.3, -0.25) is 14.1 Å². The number of amides is 1. The van der Waals surface area contributed by atoms with Crippen LogP contribution in [-0.4, -0.2) is 32.1 Å². The number of carbonyl (C=O) groups excluding carboxylic acids is 1. The van der Waals surface area contributed by atoms with Crippen molar-refractivity contribution in [1.29, 1.82) is 0 Å². The Morgan fingerprint density at radius 1 is 1.22 bits per heavy atom. The highest BCUT2D eigenvalue weighted by molar-refractivity contribution is 7.92. The number of pyridine rings is 1. The lowest BCUT2D eigenvalue weighted by Crippen LogP contribution is -2.40. The highest BCUT2D eigenvalue weighted by Crippen LogP contribution is 2.17. The van der Waals surface area contributed by atoms with E-state index in [0.29, 0.717) is 12.2 Å². The number of benzene rings is 1. The second-order valence-electron chi connectivity index (χ2n) is 5.24. The second-order valence-corrected chi connectivity index (χ2v) is 7.15. The van der Waals surface area contributed by atoms with Crippen LogP contribution in [0.1, 0.15) is 11.1 Å². The molecule has 0 spiro atoms. The van der Waals surface area contributed by atoms with Crippen molar-refractivity contribution < 1.29 is 13.2 Å². The molecule has 1 aromatic heterocycles. The van der Waals surface area contributed by atoms with E-state index in [2.05, 4.69) is 10.3 Å². The molecule has 0 bridgehead atoms. The highest BCUT2D eigenvalue weighted by Gasteiger charge is 2.20. The summed E-state index contributed by atoms with van der Waals surface area (Å²) in [5, 5.41) is 2.70. The molecular formula is C16H19N3O3S. The van der Waals surface area contributed by atoms with Crippen LogP contribution in [0.15, 0.2) is 48.8 Å². The molecule has 1 heterocycles. The number of anilines is 1. The number of nitrogens with zero attached hydrogens (tertiary/aromatic N) is 2. The van der Waals surface area contributed by atoms with E-state index < -0.39 is 10.0 Å². The summed E-state index contributed by atoms with van der Waals surface area (Å²) in [5.74, 6) is -0.375. The molecule has 0 aliphatic heterocycles. The SMILES string of the molecule is Cc1ccc(N(CC(=O)NCc2cccnc2)S(C)(=O)=O)cc1. The fourth-order valence-electron chi connectivity index (χ4n) is 2.00. The van der Waals surface area contributed by atoms with Crippen molar-refractivity contribution in [3.05, 3.63) is 59.9 Å². The molecule has 2 aromatic rings. The van der Waals surface area contributed by atoms with Crippen molar-refractivity contribution in [3.8, 4) is 0 Å². The Morgan fingerprint density at radius 3 is 2.48 bits per heavy atom. The molecule has 0 fully saturated rings. The zero-order chi connectivity index (χ0) is 16.9. The summed E-state index contributed by atoms with van der Waals surface area (Å²) in [5.41, 5.74) is 2.33. The Morgan fingerprint density at radius 2 is 1.91 bits per heavy atom. The molecule has 6 nitrogen and oxygen atoms in total. The van der Waals surface area contributed by atoms with E-state index in [9.17, 15) is 13.2 Å². The number of nitrogens with one attached hydrogen (secondary N) is 1. The molecular weight excluding hydrogens is 314 g/mol. The highest BCUT2D eigenvalue weighted by atomic mass is 32.2.